The van der Waals surface area contributed by atoms with Gasteiger partial charge in [0.2, 0.25) is 5.79 Å². The van der Waals surface area contributed by atoms with Gasteiger partial charge in [-0.15, -0.1) is 0 Å². The number of nitrogens with two attached hydrogens (primary N) is 1. The predicted molar refractivity (Wildman–Crippen MR) is 302 cm³/mol. The van der Waals surface area contributed by atoms with Crippen LogP contribution in [0.25, 0.3) is 0 Å². The number of ketones is 2. The van der Waals surface area contributed by atoms with E-state index in [1.54, 1.807) is 55.1 Å². The van der Waals surface area contributed by atoms with Gasteiger partial charge in [-0.05, 0) is 101 Å². The molecule has 4 rings (SSSR count). The summed E-state index contributed by atoms with van der Waals surface area (Å²) in [5.41, 5.74) is 8.40. The molecule has 21 nitrogen and oxygen atoms in total. The van der Waals surface area contributed by atoms with Gasteiger partial charge in [0.15, 0.2) is 5.78 Å². The van der Waals surface area contributed by atoms with Crippen molar-refractivity contribution >= 4 is 29.5 Å². The fourth-order valence-electron chi connectivity index (χ4n) is 11.3. The number of hydrogen-bond acceptors (Lipinski definition) is 19. The van der Waals surface area contributed by atoms with Gasteiger partial charge >= 0.3 is 12.1 Å². The maximum atomic E-state index is 14.6. The highest BCUT2D eigenvalue weighted by molar-refractivity contribution is 6.39. The summed E-state index contributed by atoms with van der Waals surface area (Å²) in [6.07, 6.45) is 8.16. The van der Waals surface area contributed by atoms with Crippen molar-refractivity contribution in [1.29, 1.82) is 0 Å². The highest BCUT2D eigenvalue weighted by Crippen LogP contribution is 2.37. The Hall–Kier alpha value is -3.97. The number of esters is 1. The highest BCUT2D eigenvalue weighted by Gasteiger charge is 2.53. The van der Waals surface area contributed by atoms with Gasteiger partial charge in [-0.25, -0.2) is 9.59 Å². The number of Topliss-reactive ketones (excluding diaryl/α,β-unsaturated/α-hetero) is 2. The van der Waals surface area contributed by atoms with Crippen molar-refractivity contribution in [3.8, 4) is 0 Å². The van der Waals surface area contributed by atoms with Gasteiger partial charge < -0.3 is 78.6 Å². The molecule has 21 heteroatoms. The Balaban J connectivity index is 1.55. The van der Waals surface area contributed by atoms with Crippen molar-refractivity contribution in [3.05, 3.63) is 47.6 Å². The predicted octanol–water partition coefficient (Wildman–Crippen LogP) is 5.09. The van der Waals surface area contributed by atoms with Crippen LogP contribution in [0.5, 0.6) is 0 Å². The number of fused-ring (bicyclic) bond motifs is 3. The van der Waals surface area contributed by atoms with Crippen molar-refractivity contribution in [2.24, 2.45) is 35.3 Å². The molecule has 1 aliphatic carbocycles. The average Bonchev–Trinajstić information content (AvgIpc) is 3.47. The van der Waals surface area contributed by atoms with Crippen molar-refractivity contribution in [2.45, 2.75) is 185 Å². The minimum absolute atomic E-state index is 0.0176. The van der Waals surface area contributed by atoms with Crippen LogP contribution in [0.4, 0.5) is 4.79 Å². The molecule has 2 amide bonds. The van der Waals surface area contributed by atoms with Crippen LogP contribution in [-0.4, -0.2) is 204 Å². The minimum atomic E-state index is -2.47. The van der Waals surface area contributed by atoms with E-state index in [9.17, 15) is 39.3 Å². The quantitative estimate of drug-likeness (QED) is 0.0487. The van der Waals surface area contributed by atoms with Gasteiger partial charge in [0, 0.05) is 78.2 Å². The Labute approximate surface area is 480 Å². The van der Waals surface area contributed by atoms with Crippen LogP contribution in [0.3, 0.4) is 0 Å². The first kappa shape index (κ1) is 69.5. The molecule has 0 aromatic carbocycles. The number of allylic oxidation sites excluding steroid dienone is 5. The van der Waals surface area contributed by atoms with Crippen LogP contribution in [0.15, 0.2) is 47.6 Å². The summed E-state index contributed by atoms with van der Waals surface area (Å²) in [4.78, 5) is 71.1. The van der Waals surface area contributed by atoms with Crippen LogP contribution in [0.2, 0.25) is 0 Å². The van der Waals surface area contributed by atoms with Gasteiger partial charge in [0.1, 0.15) is 30.5 Å². The summed E-state index contributed by atoms with van der Waals surface area (Å²) >= 11 is 0. The third-order valence-corrected chi connectivity index (χ3v) is 16.3. The van der Waals surface area contributed by atoms with E-state index >= 15 is 0 Å². The van der Waals surface area contributed by atoms with Crippen LogP contribution >= 0.6 is 0 Å². The van der Waals surface area contributed by atoms with Crippen molar-refractivity contribution < 1.29 is 86.7 Å². The molecule has 2 saturated heterocycles. The highest BCUT2D eigenvalue weighted by atomic mass is 16.6. The lowest BCUT2D eigenvalue weighted by Crippen LogP contribution is -2.61. The molecule has 462 valence electrons. The zero-order valence-electron chi connectivity index (χ0n) is 50.0. The number of amides is 2. The third-order valence-electron chi connectivity index (χ3n) is 16.3. The molecular formula is C60H99N3O18. The van der Waals surface area contributed by atoms with Gasteiger partial charge in [0.05, 0.1) is 70.7 Å². The van der Waals surface area contributed by atoms with E-state index in [1.165, 1.54) is 7.11 Å². The molecule has 3 fully saturated rings. The third kappa shape index (κ3) is 21.9. The average molecular weight is 1150 g/mol. The maximum absolute atomic E-state index is 14.6. The van der Waals surface area contributed by atoms with E-state index in [0.29, 0.717) is 109 Å². The number of rotatable bonds is 19. The Morgan fingerprint density at radius 2 is 1.48 bits per heavy atom. The molecule has 0 aromatic rings. The fourth-order valence-corrected chi connectivity index (χ4v) is 11.3. The Morgan fingerprint density at radius 3 is 2.15 bits per heavy atom. The Bertz CT molecular complexity index is 2070. The molecule has 3 aliphatic heterocycles. The second kappa shape index (κ2) is 36.0. The number of ether oxygens (including phenoxy) is 10. The molecule has 16 atom stereocenters. The van der Waals surface area contributed by atoms with E-state index in [2.05, 4.69) is 5.32 Å². The molecule has 6 N–H and O–H groups in total. The second-order valence-electron chi connectivity index (χ2n) is 22.6. The number of piperidine rings is 1. The topological polar surface area (TPSA) is 280 Å². The molecule has 3 heterocycles. The van der Waals surface area contributed by atoms with Gasteiger partial charge in [-0.3, -0.25) is 14.4 Å². The molecule has 1 saturated carbocycles. The Kier molecular flexibility index (Phi) is 30.9. The first-order valence-electron chi connectivity index (χ1n) is 29.3. The normalized spacial score (nSPS) is 35.6. The van der Waals surface area contributed by atoms with Crippen LogP contribution in [0, 0.1) is 29.6 Å². The van der Waals surface area contributed by atoms with Crippen LogP contribution < -0.4 is 11.1 Å². The molecule has 81 heavy (non-hydrogen) atoms. The summed E-state index contributed by atoms with van der Waals surface area (Å²) in [6, 6.07) is -2.07. The minimum Gasteiger partial charge on any atom is -0.459 e. The molecular weight excluding hydrogens is 1050 g/mol. The smallest absolute Gasteiger partial charge is 0.407 e. The molecule has 0 aromatic heterocycles. The summed E-state index contributed by atoms with van der Waals surface area (Å²) in [7, 11) is 6.12. The number of nitrogens with one attached hydrogen (secondary N) is 1. The lowest BCUT2D eigenvalue weighted by atomic mass is 9.80. The number of carbonyl (C=O) groups excluding carboxylic acids is 5. The number of carbonyl (C=O) groups is 5. The molecule has 0 radical (unpaired) electrons. The summed E-state index contributed by atoms with van der Waals surface area (Å²) in [5.74, 6) is -7.89. The maximum Gasteiger partial charge on any atom is 0.407 e. The molecule has 2 bridgehead atoms. The fraction of sp³-hybridized carbons (Fsp3) is 0.783. The number of nitrogens with zero attached hydrogens (tertiary/aromatic N) is 1. The molecule has 4 aliphatic rings. The monoisotopic (exact) mass is 1150 g/mol. The van der Waals surface area contributed by atoms with Crippen LogP contribution in [0.1, 0.15) is 119 Å². The lowest BCUT2D eigenvalue weighted by Gasteiger charge is -2.42. The SMILES string of the molecule is COCCOCCOCCOCCNC(=O)O[C@@H]1CC[C@@H](C[C@@H](N)[C@@H]2C[C@@H](O)[C@H](C)/C=C(\C)[C@@H](OC)[C@@H](O)C(=O)[C@H](C)C[C@H](C)/C=C/C=C/C=C(\C)[C@@H](OC)C[C@@H]3CC[C@@H](C)[C@@](O)(O3)C(=O)C(=O)N3CCCC[C@H]3C(=O)O2)C[C@H]1OC. The largest absolute Gasteiger partial charge is 0.459 e. The number of aliphatic hydroxyl groups is 3. The molecule has 0 unspecified atom stereocenters. The zero-order chi connectivity index (χ0) is 59.6. The summed E-state index contributed by atoms with van der Waals surface area (Å²) < 4.78 is 57.0. The summed E-state index contributed by atoms with van der Waals surface area (Å²) in [6.45, 7) is 13.9. The number of methoxy groups -OCH3 is 4. The Morgan fingerprint density at radius 1 is 0.790 bits per heavy atom. The van der Waals surface area contributed by atoms with Crippen LogP contribution in [-0.2, 0) is 66.5 Å². The summed E-state index contributed by atoms with van der Waals surface area (Å²) in [5, 5.41) is 38.2. The first-order chi connectivity index (χ1) is 38.7. The lowest BCUT2D eigenvalue weighted by molar-refractivity contribution is -0.265. The number of aliphatic hydroxyl groups excluding tert-OH is 2. The van der Waals surface area contributed by atoms with E-state index in [-0.39, 0.29) is 50.2 Å². The number of cyclic esters (lactones) is 1. The standard InChI is InChI=1S/C60H99N3O18/c1-38-16-12-11-13-17-39(2)50(73-8)36-45-21-19-43(6)60(71,81-45)56(67)57(68)63-24-15-14-18-47(63)58(69)79-51(37-48(64)40(3)33-42(5)55(75-10)54(66)53(65)41(4)32-38)46(61)34-44-20-22-49(52(35-44)74-9)80-59(70)62-23-25-76-28-29-78-31-30-77-27-26-72-7/h11-13,16-17,33,38,40-41,43-52,54-55,64,66,71H,14-15,18-32,34-37,61H2,1-10H3,(H,62,70)/b13-11+,16-12+,39-17+,42-33+/t38-,40-,41-,43-,44+,45+,46-,47+,48-,49-,50+,51+,52-,54+,55-,60-/m1/s1. The zero-order valence-corrected chi connectivity index (χ0v) is 50.0. The van der Waals surface area contributed by atoms with E-state index in [1.807, 2.05) is 44.2 Å². The van der Waals surface area contributed by atoms with E-state index in [0.717, 1.165) is 10.5 Å². The van der Waals surface area contributed by atoms with Gasteiger partial charge in [-0.2, -0.15) is 0 Å². The van der Waals surface area contributed by atoms with E-state index in [4.69, 9.17) is 53.1 Å². The molecule has 0 spiro atoms. The second-order valence-corrected chi connectivity index (χ2v) is 22.6. The van der Waals surface area contributed by atoms with Crippen molar-refractivity contribution in [3.63, 3.8) is 0 Å². The number of hydrogen-bond donors (Lipinski definition) is 5. The first-order valence-corrected chi connectivity index (χ1v) is 29.3. The van der Waals surface area contributed by atoms with Crippen molar-refractivity contribution in [1.82, 2.24) is 10.2 Å². The van der Waals surface area contributed by atoms with E-state index < -0.39 is 108 Å². The number of alkyl carbamates (subject to hydrolysis) is 1. The van der Waals surface area contributed by atoms with Gasteiger partial charge in [0.25, 0.3) is 11.7 Å². The van der Waals surface area contributed by atoms with Gasteiger partial charge in [-0.1, -0.05) is 64.2 Å². The van der Waals surface area contributed by atoms with Crippen molar-refractivity contribution in [2.75, 3.05) is 87.8 Å².